The highest BCUT2D eigenvalue weighted by molar-refractivity contribution is 7.89. The van der Waals surface area contributed by atoms with Crippen LogP contribution in [0.1, 0.15) is 58.8 Å². The molecule has 1 aromatic rings. The van der Waals surface area contributed by atoms with Crippen molar-refractivity contribution in [3.05, 3.63) is 23.2 Å². The molecular formula is C19H29ClN2O4S. The van der Waals surface area contributed by atoms with Gasteiger partial charge in [0, 0.05) is 12.1 Å². The van der Waals surface area contributed by atoms with Gasteiger partial charge in [-0.05, 0) is 44.4 Å². The maximum Gasteiger partial charge on any atom is 0.258 e. The molecule has 1 aliphatic rings. The minimum Gasteiger partial charge on any atom is -0.482 e. The summed E-state index contributed by atoms with van der Waals surface area (Å²) in [6, 6.07) is 4.36. The summed E-state index contributed by atoms with van der Waals surface area (Å²) in [7, 11) is -3.62. The predicted octanol–water partition coefficient (Wildman–Crippen LogP) is 3.63. The minimum atomic E-state index is -3.62. The number of amides is 1. The Morgan fingerprint density at radius 2 is 2.00 bits per heavy atom. The molecule has 0 unspecified atom stereocenters. The first-order valence-corrected chi connectivity index (χ1v) is 11.4. The van der Waals surface area contributed by atoms with Crippen molar-refractivity contribution in [1.82, 2.24) is 10.0 Å². The SMILES string of the molecule is CCC[C@@H](C)NC(=O)COc1ccc(S(=O)(=O)NC2CCCCC2)cc1Cl. The first-order chi connectivity index (χ1) is 12.8. The summed E-state index contributed by atoms with van der Waals surface area (Å²) in [4.78, 5) is 12.0. The van der Waals surface area contributed by atoms with Crippen molar-refractivity contribution >= 4 is 27.5 Å². The first-order valence-electron chi connectivity index (χ1n) is 9.56. The van der Waals surface area contributed by atoms with Crippen molar-refractivity contribution in [2.24, 2.45) is 0 Å². The number of ether oxygens (including phenoxy) is 1. The van der Waals surface area contributed by atoms with Crippen LogP contribution in [0.5, 0.6) is 5.75 Å². The van der Waals surface area contributed by atoms with E-state index in [-0.39, 0.29) is 40.3 Å². The van der Waals surface area contributed by atoms with Crippen LogP contribution >= 0.6 is 11.6 Å². The van der Waals surface area contributed by atoms with E-state index in [0.29, 0.717) is 0 Å². The van der Waals surface area contributed by atoms with Crippen molar-refractivity contribution < 1.29 is 17.9 Å². The number of hydrogen-bond acceptors (Lipinski definition) is 4. The van der Waals surface area contributed by atoms with Gasteiger partial charge in [0.05, 0.1) is 9.92 Å². The lowest BCUT2D eigenvalue weighted by atomic mass is 9.96. The molecule has 0 bridgehead atoms. The first kappa shape index (κ1) is 22.0. The van der Waals surface area contributed by atoms with Crippen LogP contribution in [0.3, 0.4) is 0 Å². The normalized spacial score (nSPS) is 16.7. The minimum absolute atomic E-state index is 0.0211. The third-order valence-electron chi connectivity index (χ3n) is 4.63. The van der Waals surface area contributed by atoms with Crippen LogP contribution in [0.15, 0.2) is 23.1 Å². The van der Waals surface area contributed by atoms with Gasteiger partial charge in [-0.25, -0.2) is 13.1 Å². The third kappa shape index (κ3) is 6.97. The second-order valence-corrected chi connectivity index (χ2v) is 9.22. The number of carbonyl (C=O) groups excluding carboxylic acids is 1. The molecule has 0 radical (unpaired) electrons. The van der Waals surface area contributed by atoms with Crippen molar-refractivity contribution in [2.75, 3.05) is 6.61 Å². The van der Waals surface area contributed by atoms with E-state index in [1.165, 1.54) is 18.2 Å². The quantitative estimate of drug-likeness (QED) is 0.643. The van der Waals surface area contributed by atoms with E-state index in [4.69, 9.17) is 16.3 Å². The fourth-order valence-electron chi connectivity index (χ4n) is 3.24. The van der Waals surface area contributed by atoms with E-state index in [0.717, 1.165) is 44.9 Å². The molecule has 2 N–H and O–H groups in total. The Bertz CT molecular complexity index is 733. The monoisotopic (exact) mass is 416 g/mol. The molecule has 0 heterocycles. The molecule has 152 valence electrons. The maximum absolute atomic E-state index is 12.5. The summed E-state index contributed by atoms with van der Waals surface area (Å²) in [6.07, 6.45) is 6.84. The second-order valence-electron chi connectivity index (χ2n) is 7.09. The summed E-state index contributed by atoms with van der Waals surface area (Å²) in [5.74, 6) is 0.0502. The highest BCUT2D eigenvalue weighted by Gasteiger charge is 2.22. The fourth-order valence-corrected chi connectivity index (χ4v) is 4.87. The Morgan fingerprint density at radius 3 is 2.63 bits per heavy atom. The van der Waals surface area contributed by atoms with Gasteiger partial charge in [0.1, 0.15) is 5.75 Å². The highest BCUT2D eigenvalue weighted by Crippen LogP contribution is 2.28. The zero-order chi connectivity index (χ0) is 19.9. The lowest BCUT2D eigenvalue weighted by molar-refractivity contribution is -0.123. The summed E-state index contributed by atoms with van der Waals surface area (Å²) in [5, 5.41) is 3.00. The lowest BCUT2D eigenvalue weighted by Gasteiger charge is -2.22. The molecule has 0 aromatic heterocycles. The maximum atomic E-state index is 12.5. The largest absolute Gasteiger partial charge is 0.482 e. The van der Waals surface area contributed by atoms with Crippen LogP contribution in [-0.4, -0.2) is 33.0 Å². The van der Waals surface area contributed by atoms with E-state index >= 15 is 0 Å². The van der Waals surface area contributed by atoms with Gasteiger partial charge in [-0.3, -0.25) is 4.79 Å². The smallest absolute Gasteiger partial charge is 0.258 e. The summed E-state index contributed by atoms with van der Waals surface area (Å²) < 4.78 is 33.3. The van der Waals surface area contributed by atoms with E-state index < -0.39 is 10.0 Å². The van der Waals surface area contributed by atoms with Gasteiger partial charge < -0.3 is 10.1 Å². The number of nitrogens with one attached hydrogen (secondary N) is 2. The number of hydrogen-bond donors (Lipinski definition) is 2. The van der Waals surface area contributed by atoms with Gasteiger partial charge in [0.25, 0.3) is 5.91 Å². The highest BCUT2D eigenvalue weighted by atomic mass is 35.5. The van der Waals surface area contributed by atoms with Gasteiger partial charge in [0.15, 0.2) is 6.61 Å². The number of halogens is 1. The van der Waals surface area contributed by atoms with E-state index in [1.807, 2.05) is 6.92 Å². The number of rotatable bonds is 9. The van der Waals surface area contributed by atoms with Gasteiger partial charge in [-0.15, -0.1) is 0 Å². The summed E-state index contributed by atoms with van der Waals surface area (Å²) in [5.41, 5.74) is 0. The molecule has 1 aromatic carbocycles. The Balaban J connectivity index is 1.95. The molecule has 1 amide bonds. The molecule has 1 aliphatic carbocycles. The van der Waals surface area contributed by atoms with Crippen LogP contribution in [0.2, 0.25) is 5.02 Å². The lowest BCUT2D eigenvalue weighted by Crippen LogP contribution is -2.36. The van der Waals surface area contributed by atoms with E-state index in [2.05, 4.69) is 17.0 Å². The fraction of sp³-hybridized carbons (Fsp3) is 0.632. The third-order valence-corrected chi connectivity index (χ3v) is 6.44. The predicted molar refractivity (Wildman–Crippen MR) is 107 cm³/mol. The number of sulfonamides is 1. The van der Waals surface area contributed by atoms with Crippen LogP contribution < -0.4 is 14.8 Å². The average molecular weight is 417 g/mol. The Hall–Kier alpha value is -1.31. The Morgan fingerprint density at radius 1 is 1.30 bits per heavy atom. The molecule has 0 aliphatic heterocycles. The van der Waals surface area contributed by atoms with E-state index in [9.17, 15) is 13.2 Å². The molecule has 1 saturated carbocycles. The molecule has 1 atom stereocenters. The molecular weight excluding hydrogens is 388 g/mol. The van der Waals surface area contributed by atoms with Crippen molar-refractivity contribution in [2.45, 2.75) is 75.8 Å². The van der Waals surface area contributed by atoms with E-state index in [1.54, 1.807) is 0 Å². The molecule has 27 heavy (non-hydrogen) atoms. The van der Waals surface area contributed by atoms with Gasteiger partial charge in [-0.1, -0.05) is 44.2 Å². The average Bonchev–Trinajstić information content (AvgIpc) is 2.61. The zero-order valence-electron chi connectivity index (χ0n) is 16.0. The van der Waals surface area contributed by atoms with Crippen LogP contribution in [-0.2, 0) is 14.8 Å². The van der Waals surface area contributed by atoms with Crippen molar-refractivity contribution in [3.8, 4) is 5.75 Å². The zero-order valence-corrected chi connectivity index (χ0v) is 17.5. The molecule has 6 nitrogen and oxygen atoms in total. The Kier molecular flexibility index (Phi) is 8.38. The van der Waals surface area contributed by atoms with Crippen LogP contribution in [0.4, 0.5) is 0 Å². The number of carbonyl (C=O) groups is 1. The van der Waals surface area contributed by atoms with Gasteiger partial charge in [0.2, 0.25) is 10.0 Å². The summed E-state index contributed by atoms with van der Waals surface area (Å²) in [6.45, 7) is 3.82. The van der Waals surface area contributed by atoms with Crippen molar-refractivity contribution in [3.63, 3.8) is 0 Å². The molecule has 0 spiro atoms. The Labute approximate surface area is 167 Å². The summed E-state index contributed by atoms with van der Waals surface area (Å²) >= 11 is 6.17. The van der Waals surface area contributed by atoms with Gasteiger partial charge in [-0.2, -0.15) is 0 Å². The van der Waals surface area contributed by atoms with Crippen LogP contribution in [0, 0.1) is 0 Å². The molecule has 1 fully saturated rings. The number of benzene rings is 1. The van der Waals surface area contributed by atoms with Crippen molar-refractivity contribution in [1.29, 1.82) is 0 Å². The standard InChI is InChI=1S/C19H29ClN2O4S/c1-3-7-14(2)21-19(23)13-26-18-11-10-16(12-17(18)20)27(24,25)22-15-8-5-4-6-9-15/h10-12,14-15,22H,3-9,13H2,1-2H3,(H,21,23)/t14-/m1/s1. The molecule has 8 heteroatoms. The van der Waals surface area contributed by atoms with Crippen LogP contribution in [0.25, 0.3) is 0 Å². The molecule has 2 rings (SSSR count). The molecule has 0 saturated heterocycles. The van der Waals surface area contributed by atoms with Gasteiger partial charge >= 0.3 is 0 Å². The topological polar surface area (TPSA) is 84.5 Å². The second kappa shape index (κ2) is 10.3.